The standard InChI is InChI=1S/C23H28N4O6S/c1-32-20-8-6-7-18(22(20)33-2)15-25-26-21(28)16-24-23(29)17-9-11-19(12-10-17)34(30,31)27-13-4-3-5-14-27/h6-12,15H,3-5,13-14,16H2,1-2H3,(H,24,29)(H,26,28)/b25-15+. The van der Waals surface area contributed by atoms with Crippen LogP contribution < -0.4 is 20.2 Å². The van der Waals surface area contributed by atoms with Gasteiger partial charge in [0.25, 0.3) is 11.8 Å². The molecule has 0 bridgehead atoms. The lowest BCUT2D eigenvalue weighted by Gasteiger charge is -2.25. The Kier molecular flexibility index (Phi) is 8.61. The molecule has 1 aliphatic rings. The molecule has 0 radical (unpaired) electrons. The summed E-state index contributed by atoms with van der Waals surface area (Å²) >= 11 is 0. The molecule has 11 heteroatoms. The second-order valence-corrected chi connectivity index (χ2v) is 9.49. The van der Waals surface area contributed by atoms with E-state index in [1.165, 1.54) is 49.0 Å². The molecule has 1 heterocycles. The van der Waals surface area contributed by atoms with Gasteiger partial charge in [0, 0.05) is 24.2 Å². The summed E-state index contributed by atoms with van der Waals surface area (Å²) in [6, 6.07) is 10.9. The molecular weight excluding hydrogens is 460 g/mol. The number of carbonyl (C=O) groups excluding carboxylic acids is 2. The summed E-state index contributed by atoms with van der Waals surface area (Å²) in [6.45, 7) is 0.707. The third kappa shape index (κ3) is 6.12. The fourth-order valence-corrected chi connectivity index (χ4v) is 5.04. The van der Waals surface area contributed by atoms with Gasteiger partial charge in [-0.2, -0.15) is 9.41 Å². The van der Waals surface area contributed by atoms with Gasteiger partial charge in [-0.3, -0.25) is 9.59 Å². The largest absolute Gasteiger partial charge is 0.493 e. The molecule has 2 aromatic carbocycles. The van der Waals surface area contributed by atoms with Gasteiger partial charge in [0.15, 0.2) is 11.5 Å². The summed E-state index contributed by atoms with van der Waals surface area (Å²) in [5.41, 5.74) is 3.17. The Bertz CT molecular complexity index is 1140. The fraction of sp³-hybridized carbons (Fsp3) is 0.348. The molecule has 2 aromatic rings. The number of amides is 2. The minimum Gasteiger partial charge on any atom is -0.493 e. The number of rotatable bonds is 9. The molecule has 34 heavy (non-hydrogen) atoms. The van der Waals surface area contributed by atoms with E-state index in [2.05, 4.69) is 15.8 Å². The van der Waals surface area contributed by atoms with E-state index in [1.807, 2.05) is 0 Å². The Morgan fingerprint density at radius 3 is 2.38 bits per heavy atom. The Balaban J connectivity index is 1.52. The van der Waals surface area contributed by atoms with Crippen molar-refractivity contribution in [3.8, 4) is 11.5 Å². The van der Waals surface area contributed by atoms with Crippen molar-refractivity contribution in [2.45, 2.75) is 24.2 Å². The summed E-state index contributed by atoms with van der Waals surface area (Å²) in [4.78, 5) is 24.5. The number of nitrogens with one attached hydrogen (secondary N) is 2. The molecule has 10 nitrogen and oxygen atoms in total. The lowest BCUT2D eigenvalue weighted by molar-refractivity contribution is -0.120. The Morgan fingerprint density at radius 2 is 1.74 bits per heavy atom. The van der Waals surface area contributed by atoms with Gasteiger partial charge in [-0.05, 0) is 49.2 Å². The highest BCUT2D eigenvalue weighted by atomic mass is 32.2. The van der Waals surface area contributed by atoms with Crippen molar-refractivity contribution in [3.63, 3.8) is 0 Å². The van der Waals surface area contributed by atoms with Crippen LogP contribution in [0.4, 0.5) is 0 Å². The van der Waals surface area contributed by atoms with Crippen molar-refractivity contribution in [1.82, 2.24) is 15.0 Å². The minimum atomic E-state index is -3.57. The van der Waals surface area contributed by atoms with Crippen LogP contribution in [-0.2, 0) is 14.8 Å². The van der Waals surface area contributed by atoms with Crippen molar-refractivity contribution in [2.75, 3.05) is 33.9 Å². The second-order valence-electron chi connectivity index (χ2n) is 7.55. The van der Waals surface area contributed by atoms with E-state index in [4.69, 9.17) is 9.47 Å². The van der Waals surface area contributed by atoms with Gasteiger partial charge in [-0.25, -0.2) is 13.8 Å². The normalized spacial score (nSPS) is 14.5. The number of hydrazone groups is 1. The third-order valence-electron chi connectivity index (χ3n) is 5.31. The topological polar surface area (TPSA) is 126 Å². The fourth-order valence-electron chi connectivity index (χ4n) is 3.52. The molecule has 0 unspecified atom stereocenters. The van der Waals surface area contributed by atoms with Crippen LogP contribution in [0, 0.1) is 0 Å². The molecular formula is C23H28N4O6S. The predicted octanol–water partition coefficient (Wildman–Crippen LogP) is 1.76. The van der Waals surface area contributed by atoms with Crippen molar-refractivity contribution in [2.24, 2.45) is 5.10 Å². The van der Waals surface area contributed by atoms with E-state index in [-0.39, 0.29) is 17.0 Å². The first-order chi connectivity index (χ1) is 16.4. The number of methoxy groups -OCH3 is 2. The summed E-state index contributed by atoms with van der Waals surface area (Å²) in [5, 5.41) is 6.36. The molecule has 1 fully saturated rings. The summed E-state index contributed by atoms with van der Waals surface area (Å²) in [5.74, 6) is -0.0342. The molecule has 0 aliphatic carbocycles. The number of para-hydroxylation sites is 1. The lowest BCUT2D eigenvalue weighted by Crippen LogP contribution is -2.36. The van der Waals surface area contributed by atoms with E-state index in [9.17, 15) is 18.0 Å². The Labute approximate surface area is 199 Å². The molecule has 3 rings (SSSR count). The van der Waals surface area contributed by atoms with Crippen molar-refractivity contribution >= 4 is 28.1 Å². The first-order valence-corrected chi connectivity index (χ1v) is 12.2. The third-order valence-corrected chi connectivity index (χ3v) is 7.22. The highest BCUT2D eigenvalue weighted by molar-refractivity contribution is 7.89. The molecule has 182 valence electrons. The van der Waals surface area contributed by atoms with Gasteiger partial charge >= 0.3 is 0 Å². The van der Waals surface area contributed by atoms with Gasteiger partial charge < -0.3 is 14.8 Å². The quantitative estimate of drug-likeness (QED) is 0.409. The maximum absolute atomic E-state index is 12.7. The molecule has 2 amide bonds. The average molecular weight is 489 g/mol. The van der Waals surface area contributed by atoms with Crippen LogP contribution in [0.1, 0.15) is 35.2 Å². The second kappa shape index (κ2) is 11.6. The lowest BCUT2D eigenvalue weighted by atomic mass is 10.2. The zero-order valence-corrected chi connectivity index (χ0v) is 19.9. The minimum absolute atomic E-state index is 0.144. The zero-order valence-electron chi connectivity index (χ0n) is 19.1. The van der Waals surface area contributed by atoms with E-state index in [0.29, 0.717) is 30.2 Å². The maximum atomic E-state index is 12.7. The number of benzene rings is 2. The van der Waals surface area contributed by atoms with E-state index in [1.54, 1.807) is 18.2 Å². The molecule has 0 saturated carbocycles. The van der Waals surface area contributed by atoms with Gasteiger partial charge in [0.2, 0.25) is 10.0 Å². The molecule has 1 saturated heterocycles. The summed E-state index contributed by atoms with van der Waals surface area (Å²) in [7, 11) is -0.551. The molecule has 2 N–H and O–H groups in total. The maximum Gasteiger partial charge on any atom is 0.259 e. The number of hydrogen-bond acceptors (Lipinski definition) is 7. The Morgan fingerprint density at radius 1 is 1.03 bits per heavy atom. The number of carbonyl (C=O) groups is 2. The van der Waals surface area contributed by atoms with Crippen molar-refractivity contribution in [1.29, 1.82) is 0 Å². The number of hydrogen-bond donors (Lipinski definition) is 2. The molecule has 0 spiro atoms. The highest BCUT2D eigenvalue weighted by Crippen LogP contribution is 2.29. The zero-order chi connectivity index (χ0) is 24.6. The van der Waals surface area contributed by atoms with Crippen LogP contribution >= 0.6 is 0 Å². The Hall–Kier alpha value is -3.44. The highest BCUT2D eigenvalue weighted by Gasteiger charge is 2.26. The van der Waals surface area contributed by atoms with Crippen molar-refractivity contribution < 1.29 is 27.5 Å². The smallest absolute Gasteiger partial charge is 0.259 e. The summed E-state index contributed by atoms with van der Waals surface area (Å²) < 4.78 is 37.4. The number of sulfonamides is 1. The van der Waals surface area contributed by atoms with Gasteiger partial charge in [0.05, 0.1) is 31.9 Å². The van der Waals surface area contributed by atoms with Crippen LogP contribution in [0.25, 0.3) is 0 Å². The van der Waals surface area contributed by atoms with E-state index < -0.39 is 21.8 Å². The number of nitrogens with zero attached hydrogens (tertiary/aromatic N) is 2. The molecule has 1 aliphatic heterocycles. The molecule has 0 atom stereocenters. The predicted molar refractivity (Wildman–Crippen MR) is 127 cm³/mol. The van der Waals surface area contributed by atoms with Crippen molar-refractivity contribution in [3.05, 3.63) is 53.6 Å². The van der Waals surface area contributed by atoms with Crippen LogP contribution in [0.3, 0.4) is 0 Å². The van der Waals surface area contributed by atoms with Crippen LogP contribution in [0.15, 0.2) is 52.5 Å². The van der Waals surface area contributed by atoms with Gasteiger partial charge in [-0.1, -0.05) is 12.5 Å². The first kappa shape index (κ1) is 25.2. The van der Waals surface area contributed by atoms with Gasteiger partial charge in [-0.15, -0.1) is 0 Å². The SMILES string of the molecule is COc1cccc(/C=N/NC(=O)CNC(=O)c2ccc(S(=O)(=O)N3CCCCC3)cc2)c1OC. The van der Waals surface area contributed by atoms with Crippen LogP contribution in [0.5, 0.6) is 11.5 Å². The van der Waals surface area contributed by atoms with E-state index >= 15 is 0 Å². The number of ether oxygens (including phenoxy) is 2. The van der Waals surface area contributed by atoms with Crippen LogP contribution in [0.2, 0.25) is 0 Å². The molecule has 0 aromatic heterocycles. The summed E-state index contributed by atoms with van der Waals surface area (Å²) in [6.07, 6.45) is 4.12. The number of piperidine rings is 1. The first-order valence-electron chi connectivity index (χ1n) is 10.8. The van der Waals surface area contributed by atoms with E-state index in [0.717, 1.165) is 19.3 Å². The monoisotopic (exact) mass is 488 g/mol. The van der Waals surface area contributed by atoms with Gasteiger partial charge in [0.1, 0.15) is 0 Å². The average Bonchev–Trinajstić information content (AvgIpc) is 2.87. The van der Waals surface area contributed by atoms with Crippen LogP contribution in [-0.4, -0.2) is 64.6 Å².